The molecule has 1 fully saturated rings. The van der Waals surface area contributed by atoms with Gasteiger partial charge in [-0.15, -0.1) is 0 Å². The fraction of sp³-hybridized carbons (Fsp3) is 0.611. The molecule has 1 unspecified atom stereocenters. The second kappa shape index (κ2) is 8.99. The molecule has 0 spiro atoms. The molecule has 2 N–H and O–H groups in total. The molecular weight excluding hydrogens is 311 g/mol. The fourth-order valence-corrected chi connectivity index (χ4v) is 3.20. The molecule has 1 aliphatic rings. The van der Waals surface area contributed by atoms with Crippen molar-refractivity contribution >= 4 is 6.03 Å². The van der Waals surface area contributed by atoms with Gasteiger partial charge in [0.05, 0.1) is 6.10 Å². The van der Waals surface area contributed by atoms with Crippen molar-refractivity contribution < 1.29 is 19.0 Å². The number of rotatable bonds is 6. The molecule has 2 rings (SSSR count). The molecule has 134 valence electrons. The molecule has 0 bridgehead atoms. The number of aliphatic hydroxyl groups is 1. The van der Waals surface area contributed by atoms with Gasteiger partial charge in [-0.3, -0.25) is 0 Å². The molecule has 0 heterocycles. The highest BCUT2D eigenvalue weighted by molar-refractivity contribution is 5.74. The van der Waals surface area contributed by atoms with E-state index in [0.29, 0.717) is 12.5 Å². The quantitative estimate of drug-likeness (QED) is 0.838. The lowest BCUT2D eigenvalue weighted by atomic mass is 9.86. The maximum absolute atomic E-state index is 13.0. The highest BCUT2D eigenvalue weighted by atomic mass is 19.1. The van der Waals surface area contributed by atoms with Gasteiger partial charge >= 0.3 is 6.03 Å². The van der Waals surface area contributed by atoms with Gasteiger partial charge < -0.3 is 20.1 Å². The minimum atomic E-state index is -0.312. The maximum Gasteiger partial charge on any atom is 0.317 e. The van der Waals surface area contributed by atoms with E-state index in [9.17, 15) is 14.3 Å². The highest BCUT2D eigenvalue weighted by Crippen LogP contribution is 2.26. The van der Waals surface area contributed by atoms with Crippen LogP contribution in [0.4, 0.5) is 9.18 Å². The summed E-state index contributed by atoms with van der Waals surface area (Å²) in [6.07, 6.45) is 3.43. The summed E-state index contributed by atoms with van der Waals surface area (Å²) >= 11 is 0. The van der Waals surface area contributed by atoms with Crippen LogP contribution in [-0.4, -0.2) is 49.4 Å². The van der Waals surface area contributed by atoms with Crippen LogP contribution in [0.2, 0.25) is 0 Å². The van der Waals surface area contributed by atoms with Gasteiger partial charge in [0.15, 0.2) is 0 Å². The maximum atomic E-state index is 13.0. The SMILES string of the molecule is COC(CNC(=O)N(C)C1CCC(CO)CC1)c1ccc(F)cc1. The number of methoxy groups -OCH3 is 1. The molecule has 1 aromatic rings. The van der Waals surface area contributed by atoms with Crippen LogP contribution in [0.3, 0.4) is 0 Å². The van der Waals surface area contributed by atoms with Crippen molar-refractivity contribution in [3.05, 3.63) is 35.6 Å². The minimum Gasteiger partial charge on any atom is -0.396 e. The van der Waals surface area contributed by atoms with E-state index in [1.807, 2.05) is 0 Å². The van der Waals surface area contributed by atoms with Crippen LogP contribution < -0.4 is 5.32 Å². The number of carbonyl (C=O) groups is 1. The normalized spacial score (nSPS) is 22.0. The van der Waals surface area contributed by atoms with Crippen molar-refractivity contribution in [3.8, 4) is 0 Å². The Morgan fingerprint density at radius 3 is 2.50 bits per heavy atom. The van der Waals surface area contributed by atoms with E-state index in [0.717, 1.165) is 31.2 Å². The van der Waals surface area contributed by atoms with E-state index in [1.165, 1.54) is 12.1 Å². The van der Waals surface area contributed by atoms with Crippen molar-refractivity contribution in [2.45, 2.75) is 37.8 Å². The smallest absolute Gasteiger partial charge is 0.317 e. The number of nitrogens with one attached hydrogen (secondary N) is 1. The molecule has 6 heteroatoms. The van der Waals surface area contributed by atoms with Crippen LogP contribution in [-0.2, 0) is 4.74 Å². The molecule has 0 aromatic heterocycles. The Labute approximate surface area is 142 Å². The summed E-state index contributed by atoms with van der Waals surface area (Å²) in [5, 5.41) is 12.1. The van der Waals surface area contributed by atoms with Gasteiger partial charge in [0.1, 0.15) is 5.82 Å². The Morgan fingerprint density at radius 1 is 1.33 bits per heavy atom. The van der Waals surface area contributed by atoms with Gasteiger partial charge in [-0.1, -0.05) is 12.1 Å². The molecule has 5 nitrogen and oxygen atoms in total. The van der Waals surface area contributed by atoms with Crippen LogP contribution in [0.15, 0.2) is 24.3 Å². The van der Waals surface area contributed by atoms with E-state index in [1.54, 1.807) is 31.2 Å². The molecule has 0 aliphatic heterocycles. The first-order valence-corrected chi connectivity index (χ1v) is 8.45. The summed E-state index contributed by atoms with van der Waals surface area (Å²) in [6, 6.07) is 6.17. The van der Waals surface area contributed by atoms with Gasteiger partial charge in [-0.05, 0) is 49.3 Å². The molecular formula is C18H27FN2O3. The van der Waals surface area contributed by atoms with Crippen LogP contribution in [0.5, 0.6) is 0 Å². The predicted molar refractivity (Wildman–Crippen MR) is 90.1 cm³/mol. The van der Waals surface area contributed by atoms with Crippen molar-refractivity contribution in [2.24, 2.45) is 5.92 Å². The number of halogens is 1. The number of carbonyl (C=O) groups excluding carboxylic acids is 1. The summed E-state index contributed by atoms with van der Waals surface area (Å²) in [5.74, 6) is 0.0740. The van der Waals surface area contributed by atoms with Gasteiger partial charge in [-0.2, -0.15) is 0 Å². The second-order valence-electron chi connectivity index (χ2n) is 6.43. The Balaban J connectivity index is 1.83. The zero-order chi connectivity index (χ0) is 17.5. The number of amides is 2. The van der Waals surface area contributed by atoms with E-state index in [4.69, 9.17) is 4.74 Å². The van der Waals surface area contributed by atoms with Crippen LogP contribution in [0.25, 0.3) is 0 Å². The monoisotopic (exact) mass is 338 g/mol. The van der Waals surface area contributed by atoms with Crippen molar-refractivity contribution in [2.75, 3.05) is 27.3 Å². The molecule has 1 aliphatic carbocycles. The zero-order valence-electron chi connectivity index (χ0n) is 14.4. The van der Waals surface area contributed by atoms with Crippen molar-refractivity contribution in [1.82, 2.24) is 10.2 Å². The van der Waals surface area contributed by atoms with Gasteiger partial charge in [0.2, 0.25) is 0 Å². The Kier molecular flexibility index (Phi) is 6.99. The lowest BCUT2D eigenvalue weighted by molar-refractivity contribution is 0.0979. The number of benzene rings is 1. The summed E-state index contributed by atoms with van der Waals surface area (Å²) in [6.45, 7) is 0.563. The molecule has 24 heavy (non-hydrogen) atoms. The number of aliphatic hydroxyl groups excluding tert-OH is 1. The second-order valence-corrected chi connectivity index (χ2v) is 6.43. The van der Waals surface area contributed by atoms with Crippen molar-refractivity contribution in [1.29, 1.82) is 0 Å². The first kappa shape index (κ1) is 18.7. The summed E-state index contributed by atoms with van der Waals surface area (Å²) in [4.78, 5) is 14.1. The number of ether oxygens (including phenoxy) is 1. The number of nitrogens with zero attached hydrogens (tertiary/aromatic N) is 1. The summed E-state index contributed by atoms with van der Waals surface area (Å²) in [5.41, 5.74) is 0.824. The fourth-order valence-electron chi connectivity index (χ4n) is 3.20. The molecule has 0 radical (unpaired) electrons. The molecule has 2 amide bonds. The zero-order valence-corrected chi connectivity index (χ0v) is 14.4. The lowest BCUT2D eigenvalue weighted by Crippen LogP contribution is -2.46. The molecule has 1 atom stereocenters. The largest absolute Gasteiger partial charge is 0.396 e. The van der Waals surface area contributed by atoms with E-state index >= 15 is 0 Å². The molecule has 0 saturated heterocycles. The number of hydrogen-bond donors (Lipinski definition) is 2. The third kappa shape index (κ3) is 4.92. The van der Waals surface area contributed by atoms with Gasteiger partial charge in [0, 0.05) is 33.4 Å². The van der Waals surface area contributed by atoms with Gasteiger partial charge in [0.25, 0.3) is 0 Å². The standard InChI is InChI=1S/C18H27FN2O3/c1-21(16-9-3-13(12-22)4-10-16)18(23)20-11-17(24-2)14-5-7-15(19)8-6-14/h5-8,13,16-17,22H,3-4,9-12H2,1-2H3,(H,20,23). The minimum absolute atomic E-state index is 0.133. The first-order valence-electron chi connectivity index (χ1n) is 8.45. The number of hydrogen-bond acceptors (Lipinski definition) is 3. The van der Waals surface area contributed by atoms with Crippen LogP contribution >= 0.6 is 0 Å². The average Bonchev–Trinajstić information content (AvgIpc) is 2.62. The molecule has 1 saturated carbocycles. The Morgan fingerprint density at radius 2 is 1.96 bits per heavy atom. The van der Waals surface area contributed by atoms with E-state index in [-0.39, 0.29) is 30.6 Å². The summed E-state index contributed by atoms with van der Waals surface area (Å²) in [7, 11) is 3.37. The van der Waals surface area contributed by atoms with Crippen LogP contribution in [0.1, 0.15) is 37.4 Å². The van der Waals surface area contributed by atoms with Crippen LogP contribution in [0, 0.1) is 11.7 Å². The lowest BCUT2D eigenvalue weighted by Gasteiger charge is -2.34. The number of urea groups is 1. The molecule has 1 aromatic carbocycles. The average molecular weight is 338 g/mol. The van der Waals surface area contributed by atoms with E-state index in [2.05, 4.69) is 5.32 Å². The first-order chi connectivity index (χ1) is 11.5. The Hall–Kier alpha value is -1.66. The summed E-state index contributed by atoms with van der Waals surface area (Å²) < 4.78 is 18.4. The third-order valence-electron chi connectivity index (χ3n) is 4.91. The highest BCUT2D eigenvalue weighted by Gasteiger charge is 2.26. The third-order valence-corrected chi connectivity index (χ3v) is 4.91. The van der Waals surface area contributed by atoms with Gasteiger partial charge in [-0.25, -0.2) is 9.18 Å². The van der Waals surface area contributed by atoms with E-state index < -0.39 is 0 Å². The predicted octanol–water partition coefficient (Wildman–Crippen LogP) is 2.71. The topological polar surface area (TPSA) is 61.8 Å². The Bertz CT molecular complexity index is 516. The van der Waals surface area contributed by atoms with Crippen molar-refractivity contribution in [3.63, 3.8) is 0 Å².